The predicted molar refractivity (Wildman–Crippen MR) is 320 cm³/mol. The third-order valence-corrected chi connectivity index (χ3v) is 16.5. The van der Waals surface area contributed by atoms with E-state index in [1.807, 2.05) is 0 Å². The Balaban J connectivity index is 0.881. The Labute approximate surface area is 446 Å². The van der Waals surface area contributed by atoms with Gasteiger partial charge in [-0.1, -0.05) is 188 Å². The zero-order valence-corrected chi connectivity index (χ0v) is 42.5. The van der Waals surface area contributed by atoms with Gasteiger partial charge in [-0.15, -0.1) is 0 Å². The second-order valence-corrected chi connectivity index (χ2v) is 20.8. The molecule has 1 aromatic heterocycles. The molecular weight excluding hydrogens is 919 g/mol. The molecule has 1 heterocycles. The molecule has 2 fully saturated rings. The van der Waals surface area contributed by atoms with Crippen molar-refractivity contribution in [3.05, 3.63) is 285 Å². The van der Waals surface area contributed by atoms with Gasteiger partial charge in [0.1, 0.15) is 0 Å². The van der Waals surface area contributed by atoms with Crippen molar-refractivity contribution < 1.29 is 0 Å². The van der Waals surface area contributed by atoms with Crippen LogP contribution in [-0.2, 0) is 0 Å². The average molecular weight is 976 g/mol. The van der Waals surface area contributed by atoms with Gasteiger partial charge in [0, 0.05) is 50.6 Å². The number of anilines is 6. The van der Waals surface area contributed by atoms with E-state index in [9.17, 15) is 0 Å². The molecule has 0 aliphatic heterocycles. The summed E-state index contributed by atoms with van der Waals surface area (Å²) in [7, 11) is 0. The van der Waals surface area contributed by atoms with Gasteiger partial charge < -0.3 is 14.4 Å². The molecule has 2 aliphatic carbocycles. The van der Waals surface area contributed by atoms with Crippen molar-refractivity contribution in [3.8, 4) is 50.2 Å². The third-order valence-electron chi connectivity index (χ3n) is 16.5. The standard InChI is InChI=1S/C73H57N3/c1-6-20-52(21-7-1)67-50-70(55-38-42-61(43-39-55)75(58-26-12-4-13-27-58)71-32-18-17-31-64(71)66-47-51-34-35-56(66)46-51)68(53-22-8-2-9-23-53)49-69(67)54-36-40-60(41-37-54)74(57-24-10-3-11-25-57)62-44-45-65-63-30-16-19-33-72(63)76(73(65)48-62)59-28-14-5-15-29-59/h1-33,36-45,48-51,56,66H,34-35,46-47H2. The highest BCUT2D eigenvalue weighted by atomic mass is 15.2. The lowest BCUT2D eigenvalue weighted by Gasteiger charge is -2.32. The van der Waals surface area contributed by atoms with Gasteiger partial charge in [-0.2, -0.15) is 0 Å². The van der Waals surface area contributed by atoms with Gasteiger partial charge in [-0.3, -0.25) is 0 Å². The van der Waals surface area contributed by atoms with Crippen LogP contribution in [0.25, 0.3) is 72.0 Å². The first-order valence-corrected chi connectivity index (χ1v) is 27.1. The molecular formula is C73H57N3. The van der Waals surface area contributed by atoms with Crippen molar-refractivity contribution in [2.75, 3.05) is 9.80 Å². The van der Waals surface area contributed by atoms with Crippen LogP contribution in [-0.4, -0.2) is 4.57 Å². The molecule has 3 heteroatoms. The molecule has 14 rings (SSSR count). The molecule has 0 amide bonds. The maximum atomic E-state index is 2.49. The number of hydrogen-bond acceptors (Lipinski definition) is 2. The van der Waals surface area contributed by atoms with Gasteiger partial charge in [-0.25, -0.2) is 0 Å². The summed E-state index contributed by atoms with van der Waals surface area (Å²) in [5.41, 5.74) is 21.4. The van der Waals surface area contributed by atoms with E-state index in [2.05, 4.69) is 293 Å². The third kappa shape index (κ3) is 8.26. The van der Waals surface area contributed by atoms with E-state index in [1.165, 1.54) is 103 Å². The number of benzene rings is 11. The minimum atomic E-state index is 0.609. The molecule has 2 bridgehead atoms. The number of nitrogens with zero attached hydrogens (tertiary/aromatic N) is 3. The Bertz CT molecular complexity index is 3980. The van der Waals surface area contributed by atoms with Crippen molar-refractivity contribution in [2.24, 2.45) is 11.8 Å². The summed E-state index contributed by atoms with van der Waals surface area (Å²) >= 11 is 0. The number of fused-ring (bicyclic) bond motifs is 5. The number of hydrogen-bond donors (Lipinski definition) is 0. The Kier molecular flexibility index (Phi) is 11.7. The van der Waals surface area contributed by atoms with Crippen molar-refractivity contribution in [1.82, 2.24) is 4.57 Å². The van der Waals surface area contributed by atoms with Crippen molar-refractivity contribution in [1.29, 1.82) is 0 Å². The Morgan fingerprint density at radius 1 is 0.316 bits per heavy atom. The maximum Gasteiger partial charge on any atom is 0.0561 e. The van der Waals surface area contributed by atoms with E-state index in [0.717, 1.165) is 45.8 Å². The summed E-state index contributed by atoms with van der Waals surface area (Å²) in [6, 6.07) is 103. The second-order valence-electron chi connectivity index (χ2n) is 20.8. The first kappa shape index (κ1) is 45.4. The number of para-hydroxylation sites is 5. The lowest BCUT2D eigenvalue weighted by atomic mass is 9.82. The van der Waals surface area contributed by atoms with E-state index in [0.29, 0.717) is 5.92 Å². The first-order valence-electron chi connectivity index (χ1n) is 27.1. The van der Waals surface area contributed by atoms with Gasteiger partial charge in [0.2, 0.25) is 0 Å². The van der Waals surface area contributed by atoms with Gasteiger partial charge in [-0.05, 0) is 184 Å². The largest absolute Gasteiger partial charge is 0.310 e. The fraction of sp³-hybridized carbons (Fsp3) is 0.0959. The van der Waals surface area contributed by atoms with Crippen LogP contribution in [0.4, 0.5) is 34.1 Å². The van der Waals surface area contributed by atoms with Crippen molar-refractivity contribution >= 4 is 55.9 Å². The molecule has 3 atom stereocenters. The van der Waals surface area contributed by atoms with Gasteiger partial charge in [0.25, 0.3) is 0 Å². The minimum absolute atomic E-state index is 0.609. The number of rotatable bonds is 12. The summed E-state index contributed by atoms with van der Waals surface area (Å²) in [6.45, 7) is 0. The fourth-order valence-electron chi connectivity index (χ4n) is 13.0. The van der Waals surface area contributed by atoms with E-state index in [1.54, 1.807) is 0 Å². The Morgan fingerprint density at radius 2 is 0.763 bits per heavy atom. The van der Waals surface area contributed by atoms with E-state index < -0.39 is 0 Å². The molecule has 0 spiro atoms. The van der Waals surface area contributed by atoms with E-state index >= 15 is 0 Å². The first-order chi connectivity index (χ1) is 37.7. The van der Waals surface area contributed by atoms with Crippen LogP contribution in [0.2, 0.25) is 0 Å². The van der Waals surface area contributed by atoms with E-state index in [4.69, 9.17) is 0 Å². The highest BCUT2D eigenvalue weighted by molar-refractivity contribution is 6.10. The molecule has 3 nitrogen and oxygen atoms in total. The Hall–Kier alpha value is -9.18. The summed E-state index contributed by atoms with van der Waals surface area (Å²) in [4.78, 5) is 4.87. The fourth-order valence-corrected chi connectivity index (χ4v) is 13.0. The SMILES string of the molecule is c1ccc(-c2cc(-c3ccc(N(c4ccccc4)c4ccccc4C4CC5CCC4C5)cc3)c(-c3ccccc3)cc2-c2ccc(N(c3ccccc3)c3ccc4c5ccccc5n(-c5ccccc5)c4c3)cc2)cc1. The lowest BCUT2D eigenvalue weighted by molar-refractivity contribution is 0.420. The molecule has 2 saturated carbocycles. The van der Waals surface area contributed by atoms with Crippen LogP contribution >= 0.6 is 0 Å². The topological polar surface area (TPSA) is 11.4 Å². The highest BCUT2D eigenvalue weighted by Gasteiger charge is 2.41. The molecule has 0 saturated heterocycles. The molecule has 0 radical (unpaired) electrons. The van der Waals surface area contributed by atoms with E-state index in [-0.39, 0.29) is 0 Å². The minimum Gasteiger partial charge on any atom is -0.310 e. The van der Waals surface area contributed by atoms with Gasteiger partial charge in [0.15, 0.2) is 0 Å². The lowest BCUT2D eigenvalue weighted by Crippen LogP contribution is -2.16. The molecule has 364 valence electrons. The van der Waals surface area contributed by atoms with Crippen molar-refractivity contribution in [3.63, 3.8) is 0 Å². The van der Waals surface area contributed by atoms with Crippen LogP contribution in [0.5, 0.6) is 0 Å². The zero-order chi connectivity index (χ0) is 50.4. The summed E-state index contributed by atoms with van der Waals surface area (Å²) in [6.07, 6.45) is 5.44. The summed E-state index contributed by atoms with van der Waals surface area (Å²) in [5.74, 6) is 2.27. The molecule has 11 aromatic carbocycles. The van der Waals surface area contributed by atoms with Crippen LogP contribution < -0.4 is 9.80 Å². The normalized spacial score (nSPS) is 15.8. The second kappa shape index (κ2) is 19.6. The summed E-state index contributed by atoms with van der Waals surface area (Å²) < 4.78 is 2.40. The molecule has 2 aliphatic rings. The monoisotopic (exact) mass is 975 g/mol. The average Bonchev–Trinajstić information content (AvgIpc) is 4.24. The highest BCUT2D eigenvalue weighted by Crippen LogP contribution is 2.55. The van der Waals surface area contributed by atoms with Gasteiger partial charge >= 0.3 is 0 Å². The van der Waals surface area contributed by atoms with Crippen LogP contribution in [0.3, 0.4) is 0 Å². The summed E-state index contributed by atoms with van der Waals surface area (Å²) in [5, 5.41) is 2.47. The van der Waals surface area contributed by atoms with Crippen molar-refractivity contribution in [2.45, 2.75) is 31.6 Å². The van der Waals surface area contributed by atoms with Crippen LogP contribution in [0.15, 0.2) is 279 Å². The Morgan fingerprint density at radius 3 is 1.33 bits per heavy atom. The predicted octanol–water partition coefficient (Wildman–Crippen LogP) is 20.3. The molecule has 12 aromatic rings. The molecule has 0 N–H and O–H groups in total. The quantitative estimate of drug-likeness (QED) is 0.121. The molecule has 76 heavy (non-hydrogen) atoms. The zero-order valence-electron chi connectivity index (χ0n) is 42.5. The van der Waals surface area contributed by atoms with Gasteiger partial charge in [0.05, 0.1) is 11.0 Å². The molecule has 3 unspecified atom stereocenters. The smallest absolute Gasteiger partial charge is 0.0561 e. The maximum absolute atomic E-state index is 2.49. The number of aromatic nitrogens is 1. The van der Waals surface area contributed by atoms with Crippen LogP contribution in [0.1, 0.15) is 37.2 Å². The van der Waals surface area contributed by atoms with Crippen LogP contribution in [0, 0.1) is 11.8 Å².